The Labute approximate surface area is 161 Å². The van der Waals surface area contributed by atoms with Crippen molar-refractivity contribution in [2.75, 3.05) is 19.7 Å². The van der Waals surface area contributed by atoms with Gasteiger partial charge in [-0.1, -0.05) is 30.3 Å². The molecule has 0 radical (unpaired) electrons. The van der Waals surface area contributed by atoms with Gasteiger partial charge in [0.2, 0.25) is 0 Å². The van der Waals surface area contributed by atoms with Crippen LogP contribution in [0.5, 0.6) is 0 Å². The van der Waals surface area contributed by atoms with Crippen molar-refractivity contribution >= 4 is 5.91 Å². The van der Waals surface area contributed by atoms with Crippen LogP contribution in [0.3, 0.4) is 0 Å². The molecular weight excluding hydrogens is 338 g/mol. The Morgan fingerprint density at radius 1 is 1.19 bits per heavy atom. The summed E-state index contributed by atoms with van der Waals surface area (Å²) < 4.78 is 7.89. The molecular formula is C22H29N3O2. The Kier molecular flexibility index (Phi) is 5.58. The van der Waals surface area contributed by atoms with E-state index in [4.69, 9.17) is 4.74 Å². The van der Waals surface area contributed by atoms with Crippen LogP contribution in [0, 0.1) is 12.8 Å². The summed E-state index contributed by atoms with van der Waals surface area (Å²) in [5.74, 6) is 1.94. The molecule has 5 heteroatoms. The van der Waals surface area contributed by atoms with Crippen molar-refractivity contribution in [2.45, 2.75) is 51.7 Å². The van der Waals surface area contributed by atoms with Crippen LogP contribution in [-0.2, 0) is 16.1 Å². The standard InChI is InChI=1S/C22H29N3O2/c1-17-16-23-21(19-6-3-2-4-7-19)25(17)14-11-18-9-12-24(13-10-18)22(26)20-8-5-15-27-20/h2-4,6-7,16,18,20H,5,8-15H2,1H3. The molecule has 2 saturated heterocycles. The molecule has 1 aromatic carbocycles. The fraction of sp³-hybridized carbons (Fsp3) is 0.545. The summed E-state index contributed by atoms with van der Waals surface area (Å²) in [4.78, 5) is 19.1. The molecule has 144 valence electrons. The number of carbonyl (C=O) groups is 1. The molecule has 1 aromatic heterocycles. The highest BCUT2D eigenvalue weighted by Gasteiger charge is 2.30. The molecule has 2 aromatic rings. The lowest BCUT2D eigenvalue weighted by Crippen LogP contribution is -2.43. The molecule has 2 aliphatic heterocycles. The van der Waals surface area contributed by atoms with Crippen molar-refractivity contribution in [1.82, 2.24) is 14.5 Å². The fourth-order valence-corrected chi connectivity index (χ4v) is 4.29. The van der Waals surface area contributed by atoms with Crippen molar-refractivity contribution in [2.24, 2.45) is 5.92 Å². The number of aromatic nitrogens is 2. The molecule has 0 bridgehead atoms. The molecule has 1 atom stereocenters. The Morgan fingerprint density at radius 2 is 1.96 bits per heavy atom. The van der Waals surface area contributed by atoms with Crippen molar-refractivity contribution in [1.29, 1.82) is 0 Å². The minimum atomic E-state index is -0.177. The Morgan fingerprint density at radius 3 is 2.67 bits per heavy atom. The van der Waals surface area contributed by atoms with Crippen molar-refractivity contribution in [3.8, 4) is 11.4 Å². The Hall–Kier alpha value is -2.14. The van der Waals surface area contributed by atoms with Gasteiger partial charge in [0.25, 0.3) is 5.91 Å². The third-order valence-electron chi connectivity index (χ3n) is 5.98. The predicted octanol–water partition coefficient (Wildman–Crippen LogP) is 3.67. The molecule has 3 heterocycles. The highest BCUT2D eigenvalue weighted by Crippen LogP contribution is 2.26. The number of benzene rings is 1. The van der Waals surface area contributed by atoms with E-state index in [1.54, 1.807) is 0 Å². The van der Waals surface area contributed by atoms with E-state index < -0.39 is 0 Å². The SMILES string of the molecule is Cc1cnc(-c2ccccc2)n1CCC1CCN(C(=O)C2CCCO2)CC1. The van der Waals surface area contributed by atoms with Crippen LogP contribution in [0.1, 0.15) is 37.8 Å². The van der Waals surface area contributed by atoms with Gasteiger partial charge in [0.15, 0.2) is 0 Å². The molecule has 4 rings (SSSR count). The van der Waals surface area contributed by atoms with Crippen LogP contribution < -0.4 is 0 Å². The van der Waals surface area contributed by atoms with E-state index in [0.717, 1.165) is 64.2 Å². The maximum atomic E-state index is 12.5. The second-order valence-electron chi connectivity index (χ2n) is 7.80. The van der Waals surface area contributed by atoms with E-state index in [1.165, 1.54) is 11.3 Å². The number of piperidine rings is 1. The molecule has 0 spiro atoms. The Balaban J connectivity index is 1.32. The zero-order valence-electron chi connectivity index (χ0n) is 16.1. The number of likely N-dealkylation sites (tertiary alicyclic amines) is 1. The number of amides is 1. The second kappa shape index (κ2) is 8.26. The number of rotatable bonds is 5. The van der Waals surface area contributed by atoms with E-state index in [-0.39, 0.29) is 12.0 Å². The largest absolute Gasteiger partial charge is 0.368 e. The quantitative estimate of drug-likeness (QED) is 0.810. The average Bonchev–Trinajstić information content (AvgIpc) is 3.37. The first-order valence-electron chi connectivity index (χ1n) is 10.2. The van der Waals surface area contributed by atoms with Crippen LogP contribution in [0.25, 0.3) is 11.4 Å². The van der Waals surface area contributed by atoms with Crippen LogP contribution in [-0.4, -0.2) is 46.2 Å². The molecule has 2 aliphatic rings. The minimum absolute atomic E-state index is 0.177. The maximum Gasteiger partial charge on any atom is 0.251 e. The molecule has 1 amide bonds. The molecule has 0 aliphatic carbocycles. The van der Waals surface area contributed by atoms with Crippen LogP contribution in [0.2, 0.25) is 0 Å². The first-order valence-corrected chi connectivity index (χ1v) is 10.2. The number of imidazole rings is 1. The second-order valence-corrected chi connectivity index (χ2v) is 7.80. The summed E-state index contributed by atoms with van der Waals surface area (Å²) in [6.45, 7) is 5.60. The van der Waals surface area contributed by atoms with Crippen LogP contribution in [0.15, 0.2) is 36.5 Å². The zero-order valence-corrected chi connectivity index (χ0v) is 16.1. The zero-order chi connectivity index (χ0) is 18.6. The number of carbonyl (C=O) groups excluding carboxylic acids is 1. The highest BCUT2D eigenvalue weighted by molar-refractivity contribution is 5.81. The molecule has 0 saturated carbocycles. The van der Waals surface area contributed by atoms with E-state index in [9.17, 15) is 4.79 Å². The van der Waals surface area contributed by atoms with Gasteiger partial charge in [0.05, 0.1) is 0 Å². The first kappa shape index (κ1) is 18.2. The predicted molar refractivity (Wildman–Crippen MR) is 105 cm³/mol. The van der Waals surface area contributed by atoms with Crippen LogP contribution >= 0.6 is 0 Å². The highest BCUT2D eigenvalue weighted by atomic mass is 16.5. The monoisotopic (exact) mass is 367 g/mol. The Bertz CT molecular complexity index is 757. The summed E-state index contributed by atoms with van der Waals surface area (Å²) in [7, 11) is 0. The maximum absolute atomic E-state index is 12.5. The molecule has 2 fully saturated rings. The summed E-state index contributed by atoms with van der Waals surface area (Å²) >= 11 is 0. The lowest BCUT2D eigenvalue weighted by atomic mass is 9.93. The van der Waals surface area contributed by atoms with Gasteiger partial charge in [-0.05, 0) is 44.9 Å². The smallest absolute Gasteiger partial charge is 0.251 e. The van der Waals surface area contributed by atoms with Gasteiger partial charge in [0, 0.05) is 43.7 Å². The first-order chi connectivity index (χ1) is 13.2. The van der Waals surface area contributed by atoms with Gasteiger partial charge in [0.1, 0.15) is 11.9 Å². The lowest BCUT2D eigenvalue weighted by molar-refractivity contribution is -0.142. The number of ether oxygens (including phenoxy) is 1. The minimum Gasteiger partial charge on any atom is -0.368 e. The normalized spacial score (nSPS) is 20.9. The topological polar surface area (TPSA) is 47.4 Å². The summed E-state index contributed by atoms with van der Waals surface area (Å²) in [6.07, 6.45) is 7.01. The van der Waals surface area contributed by atoms with Gasteiger partial charge in [-0.15, -0.1) is 0 Å². The van der Waals surface area contributed by atoms with E-state index in [0.29, 0.717) is 5.92 Å². The number of aryl methyl sites for hydroxylation is 1. The summed E-state index contributed by atoms with van der Waals surface area (Å²) in [5, 5.41) is 0. The van der Waals surface area contributed by atoms with Gasteiger partial charge in [-0.3, -0.25) is 4.79 Å². The van der Waals surface area contributed by atoms with E-state index in [1.807, 2.05) is 17.2 Å². The van der Waals surface area contributed by atoms with Crippen molar-refractivity contribution in [3.63, 3.8) is 0 Å². The molecule has 27 heavy (non-hydrogen) atoms. The third-order valence-corrected chi connectivity index (χ3v) is 5.98. The van der Waals surface area contributed by atoms with E-state index in [2.05, 4.69) is 40.7 Å². The fourth-order valence-electron chi connectivity index (χ4n) is 4.29. The van der Waals surface area contributed by atoms with Crippen molar-refractivity contribution < 1.29 is 9.53 Å². The third kappa shape index (κ3) is 4.08. The number of nitrogens with zero attached hydrogens (tertiary/aromatic N) is 3. The van der Waals surface area contributed by atoms with Crippen molar-refractivity contribution in [3.05, 3.63) is 42.2 Å². The molecule has 0 N–H and O–H groups in total. The summed E-state index contributed by atoms with van der Waals surface area (Å²) in [6, 6.07) is 10.4. The van der Waals surface area contributed by atoms with Gasteiger partial charge in [-0.2, -0.15) is 0 Å². The van der Waals surface area contributed by atoms with Gasteiger partial charge < -0.3 is 14.2 Å². The summed E-state index contributed by atoms with van der Waals surface area (Å²) in [5.41, 5.74) is 2.38. The number of hydrogen-bond donors (Lipinski definition) is 0. The average molecular weight is 367 g/mol. The van der Waals surface area contributed by atoms with Crippen LogP contribution in [0.4, 0.5) is 0 Å². The lowest BCUT2D eigenvalue weighted by Gasteiger charge is -2.33. The van der Waals surface area contributed by atoms with Gasteiger partial charge in [-0.25, -0.2) is 4.98 Å². The molecule has 5 nitrogen and oxygen atoms in total. The molecule has 1 unspecified atom stereocenters. The number of hydrogen-bond acceptors (Lipinski definition) is 3. The van der Waals surface area contributed by atoms with Gasteiger partial charge >= 0.3 is 0 Å². The van der Waals surface area contributed by atoms with E-state index >= 15 is 0 Å².